The fourth-order valence-electron chi connectivity index (χ4n) is 2.17. The summed E-state index contributed by atoms with van der Waals surface area (Å²) in [6.45, 7) is 4.09. The Morgan fingerprint density at radius 1 is 1.20 bits per heavy atom. The first kappa shape index (κ1) is 15.0. The zero-order valence-electron chi connectivity index (χ0n) is 12.2. The standard InChI is InChI=1S/C13H22N4O2S/c1-9(2)13-16-11(14-3)8-12(17-13)15-10-4-6-20(18,19)7-5-10/h8-10H,4-7H2,1-3H3,(H2,14,15,16,17). The van der Waals surface area contributed by atoms with Gasteiger partial charge in [-0.3, -0.25) is 0 Å². The molecule has 0 bridgehead atoms. The highest BCUT2D eigenvalue weighted by Crippen LogP contribution is 2.20. The second-order valence-corrected chi connectivity index (χ2v) is 7.78. The van der Waals surface area contributed by atoms with Gasteiger partial charge in [0, 0.05) is 25.1 Å². The second kappa shape index (κ2) is 5.95. The molecule has 1 saturated heterocycles. The van der Waals surface area contributed by atoms with Crippen LogP contribution in [0.2, 0.25) is 0 Å². The minimum absolute atomic E-state index is 0.165. The smallest absolute Gasteiger partial charge is 0.150 e. The van der Waals surface area contributed by atoms with E-state index >= 15 is 0 Å². The van der Waals surface area contributed by atoms with E-state index in [1.807, 2.05) is 27.0 Å². The van der Waals surface area contributed by atoms with E-state index in [1.54, 1.807) is 0 Å². The van der Waals surface area contributed by atoms with Gasteiger partial charge in [0.1, 0.15) is 27.3 Å². The minimum Gasteiger partial charge on any atom is -0.373 e. The van der Waals surface area contributed by atoms with E-state index < -0.39 is 9.84 Å². The fraction of sp³-hybridized carbons (Fsp3) is 0.692. The van der Waals surface area contributed by atoms with Crippen molar-refractivity contribution in [2.75, 3.05) is 29.2 Å². The van der Waals surface area contributed by atoms with E-state index in [1.165, 1.54) is 0 Å². The Hall–Kier alpha value is -1.37. The molecule has 1 fully saturated rings. The lowest BCUT2D eigenvalue weighted by Gasteiger charge is -2.24. The van der Waals surface area contributed by atoms with Crippen LogP contribution in [-0.2, 0) is 9.84 Å². The molecule has 1 aliphatic heterocycles. The van der Waals surface area contributed by atoms with Gasteiger partial charge in [-0.25, -0.2) is 18.4 Å². The second-order valence-electron chi connectivity index (χ2n) is 5.47. The van der Waals surface area contributed by atoms with Gasteiger partial charge in [-0.1, -0.05) is 13.8 Å². The highest BCUT2D eigenvalue weighted by atomic mass is 32.2. The average Bonchev–Trinajstić information content (AvgIpc) is 2.41. The lowest BCUT2D eigenvalue weighted by molar-refractivity contribution is 0.558. The van der Waals surface area contributed by atoms with Crippen LogP contribution in [0, 0.1) is 0 Å². The van der Waals surface area contributed by atoms with Gasteiger partial charge in [0.25, 0.3) is 0 Å². The molecule has 2 heterocycles. The monoisotopic (exact) mass is 298 g/mol. The lowest BCUT2D eigenvalue weighted by atomic mass is 10.1. The van der Waals surface area contributed by atoms with Crippen LogP contribution in [0.25, 0.3) is 0 Å². The summed E-state index contributed by atoms with van der Waals surface area (Å²) in [5.74, 6) is 3.07. The van der Waals surface area contributed by atoms with Crippen LogP contribution in [0.3, 0.4) is 0 Å². The van der Waals surface area contributed by atoms with Gasteiger partial charge >= 0.3 is 0 Å². The first-order valence-electron chi connectivity index (χ1n) is 6.93. The van der Waals surface area contributed by atoms with Crippen molar-refractivity contribution in [3.8, 4) is 0 Å². The zero-order valence-corrected chi connectivity index (χ0v) is 13.0. The number of aromatic nitrogens is 2. The molecule has 0 amide bonds. The van der Waals surface area contributed by atoms with Crippen molar-refractivity contribution in [3.63, 3.8) is 0 Å². The molecule has 7 heteroatoms. The molecule has 1 aliphatic rings. The summed E-state index contributed by atoms with van der Waals surface area (Å²) >= 11 is 0. The molecule has 0 unspecified atom stereocenters. The largest absolute Gasteiger partial charge is 0.373 e. The zero-order chi connectivity index (χ0) is 14.8. The number of rotatable bonds is 4. The van der Waals surface area contributed by atoms with Gasteiger partial charge in [-0.05, 0) is 12.8 Å². The molecule has 0 aliphatic carbocycles. The van der Waals surface area contributed by atoms with Crippen LogP contribution in [-0.4, -0.2) is 43.0 Å². The van der Waals surface area contributed by atoms with Crippen LogP contribution in [0.5, 0.6) is 0 Å². The normalized spacial score (nSPS) is 19.0. The molecule has 0 radical (unpaired) electrons. The van der Waals surface area contributed by atoms with Crippen LogP contribution < -0.4 is 10.6 Å². The number of nitrogens with zero attached hydrogens (tertiary/aromatic N) is 2. The highest BCUT2D eigenvalue weighted by Gasteiger charge is 2.23. The van der Waals surface area contributed by atoms with Gasteiger partial charge < -0.3 is 10.6 Å². The Kier molecular flexibility index (Phi) is 4.47. The molecular weight excluding hydrogens is 276 g/mol. The molecule has 0 spiro atoms. The summed E-state index contributed by atoms with van der Waals surface area (Å²) in [7, 11) is -1.00. The van der Waals surface area contributed by atoms with Crippen LogP contribution in [0.1, 0.15) is 38.4 Å². The Morgan fingerprint density at radius 2 is 1.80 bits per heavy atom. The van der Waals surface area contributed by atoms with E-state index in [-0.39, 0.29) is 23.5 Å². The van der Waals surface area contributed by atoms with Gasteiger partial charge in [0.15, 0.2) is 0 Å². The summed E-state index contributed by atoms with van der Waals surface area (Å²) in [4.78, 5) is 8.91. The quantitative estimate of drug-likeness (QED) is 0.879. The summed E-state index contributed by atoms with van der Waals surface area (Å²) in [5.41, 5.74) is 0. The van der Waals surface area contributed by atoms with Crippen LogP contribution >= 0.6 is 0 Å². The maximum atomic E-state index is 11.4. The van der Waals surface area contributed by atoms with Gasteiger partial charge in [0.2, 0.25) is 0 Å². The van der Waals surface area contributed by atoms with Crippen molar-refractivity contribution in [1.82, 2.24) is 9.97 Å². The average molecular weight is 298 g/mol. The predicted molar refractivity (Wildman–Crippen MR) is 81.0 cm³/mol. The number of nitrogens with one attached hydrogen (secondary N) is 2. The van der Waals surface area contributed by atoms with E-state index in [4.69, 9.17) is 0 Å². The van der Waals surface area contributed by atoms with E-state index in [0.29, 0.717) is 12.8 Å². The van der Waals surface area contributed by atoms with Gasteiger partial charge in [-0.15, -0.1) is 0 Å². The molecule has 2 rings (SSSR count). The summed E-state index contributed by atoms with van der Waals surface area (Å²) in [6, 6.07) is 2.02. The van der Waals surface area contributed by atoms with Crippen molar-refractivity contribution < 1.29 is 8.42 Å². The Morgan fingerprint density at radius 3 is 2.35 bits per heavy atom. The lowest BCUT2D eigenvalue weighted by Crippen LogP contribution is -2.32. The first-order valence-corrected chi connectivity index (χ1v) is 8.75. The first-order chi connectivity index (χ1) is 9.39. The number of sulfone groups is 1. The third-order valence-electron chi connectivity index (χ3n) is 3.42. The predicted octanol–water partition coefficient (Wildman–Crippen LogP) is 1.63. The van der Waals surface area contributed by atoms with E-state index in [9.17, 15) is 8.42 Å². The molecule has 1 aromatic heterocycles. The number of hydrogen-bond acceptors (Lipinski definition) is 6. The van der Waals surface area contributed by atoms with Crippen LogP contribution in [0.4, 0.5) is 11.6 Å². The van der Waals surface area contributed by atoms with Gasteiger partial charge in [-0.2, -0.15) is 0 Å². The topological polar surface area (TPSA) is 84.0 Å². The summed E-state index contributed by atoms with van der Waals surface area (Å²) < 4.78 is 22.9. The Labute approximate surface area is 120 Å². The van der Waals surface area contributed by atoms with E-state index in [0.717, 1.165) is 17.5 Å². The third kappa shape index (κ3) is 3.82. The summed E-state index contributed by atoms with van der Waals surface area (Å²) in [5, 5.41) is 6.36. The highest BCUT2D eigenvalue weighted by molar-refractivity contribution is 7.91. The summed E-state index contributed by atoms with van der Waals surface area (Å²) in [6.07, 6.45) is 1.27. The molecule has 0 aromatic carbocycles. The number of hydrogen-bond donors (Lipinski definition) is 2. The molecule has 112 valence electrons. The van der Waals surface area contributed by atoms with Crippen LogP contribution in [0.15, 0.2) is 6.07 Å². The molecule has 6 nitrogen and oxygen atoms in total. The van der Waals surface area contributed by atoms with Crippen molar-refractivity contribution in [2.45, 2.75) is 38.6 Å². The van der Waals surface area contributed by atoms with Crippen molar-refractivity contribution in [1.29, 1.82) is 0 Å². The Balaban J connectivity index is 2.11. The fourth-order valence-corrected chi connectivity index (χ4v) is 3.66. The molecule has 20 heavy (non-hydrogen) atoms. The molecule has 0 atom stereocenters. The van der Waals surface area contributed by atoms with Crippen molar-refractivity contribution >= 4 is 21.5 Å². The maximum Gasteiger partial charge on any atom is 0.150 e. The third-order valence-corrected chi connectivity index (χ3v) is 5.14. The molecule has 1 aromatic rings. The maximum absolute atomic E-state index is 11.4. The molecule has 2 N–H and O–H groups in total. The Bertz CT molecular complexity index is 558. The number of anilines is 2. The van der Waals surface area contributed by atoms with E-state index in [2.05, 4.69) is 20.6 Å². The molecule has 0 saturated carbocycles. The van der Waals surface area contributed by atoms with Crippen molar-refractivity contribution in [2.24, 2.45) is 0 Å². The van der Waals surface area contributed by atoms with Gasteiger partial charge in [0.05, 0.1) is 11.5 Å². The molecular formula is C13H22N4O2S. The SMILES string of the molecule is CNc1cc(NC2CCS(=O)(=O)CC2)nc(C(C)C)n1. The van der Waals surface area contributed by atoms with Crippen molar-refractivity contribution in [3.05, 3.63) is 11.9 Å². The minimum atomic E-state index is -2.83.